The van der Waals surface area contributed by atoms with E-state index in [1.165, 1.54) is 24.9 Å². The minimum Gasteiger partial charge on any atom is -0.481 e. The number of rotatable bonds is 7. The number of methoxy groups -OCH3 is 2. The van der Waals surface area contributed by atoms with E-state index in [4.69, 9.17) is 37.7 Å². The minimum atomic E-state index is -0.583. The minimum absolute atomic E-state index is 0.0412. The second-order valence-electron chi connectivity index (χ2n) is 10.4. The van der Waals surface area contributed by atoms with Crippen molar-refractivity contribution in [2.75, 3.05) is 32.6 Å². The Labute approximate surface area is 253 Å². The summed E-state index contributed by atoms with van der Waals surface area (Å²) in [6.45, 7) is 1.80. The zero-order valence-electron chi connectivity index (χ0n) is 23.4. The summed E-state index contributed by atoms with van der Waals surface area (Å²) in [5.41, 5.74) is 4.91. The number of hydrogen-bond acceptors (Lipinski definition) is 7. The zero-order chi connectivity index (χ0) is 29.5. The number of pyridine rings is 1. The number of carbonyl (C=O) groups excluding carboxylic acids is 1. The molecule has 0 saturated carbocycles. The molecule has 1 N–H and O–H groups in total. The maximum absolute atomic E-state index is 12.9. The molecule has 42 heavy (non-hydrogen) atoms. The zero-order valence-corrected chi connectivity index (χ0v) is 24.9. The van der Waals surface area contributed by atoms with Crippen LogP contribution in [0, 0.1) is 0 Å². The number of halogens is 2. The van der Waals surface area contributed by atoms with Crippen molar-refractivity contribution in [3.63, 3.8) is 0 Å². The molecule has 1 atom stereocenters. The van der Waals surface area contributed by atoms with Gasteiger partial charge in [-0.3, -0.25) is 14.5 Å². The summed E-state index contributed by atoms with van der Waals surface area (Å²) in [4.78, 5) is 32.6. The van der Waals surface area contributed by atoms with Gasteiger partial charge in [0.1, 0.15) is 5.56 Å². The van der Waals surface area contributed by atoms with Gasteiger partial charge in [-0.2, -0.15) is 5.10 Å². The summed E-state index contributed by atoms with van der Waals surface area (Å²) < 4.78 is 12.4. The number of aromatic nitrogens is 3. The third-order valence-electron chi connectivity index (χ3n) is 8.04. The predicted molar refractivity (Wildman–Crippen MR) is 163 cm³/mol. The van der Waals surface area contributed by atoms with E-state index in [9.17, 15) is 9.59 Å². The fourth-order valence-corrected chi connectivity index (χ4v) is 6.36. The van der Waals surface area contributed by atoms with Gasteiger partial charge in [-0.05, 0) is 36.6 Å². The molecule has 2 aromatic heterocycles. The molecule has 1 aliphatic heterocycles. The number of ether oxygens (including phenoxy) is 2. The van der Waals surface area contributed by atoms with Gasteiger partial charge in [0, 0.05) is 61.7 Å². The lowest BCUT2D eigenvalue weighted by Crippen LogP contribution is -2.52. The maximum Gasteiger partial charge on any atom is 0.279 e. The molecule has 0 bridgehead atoms. The quantitative estimate of drug-likeness (QED) is 0.301. The number of anilines is 1. The van der Waals surface area contributed by atoms with Crippen LogP contribution in [0.2, 0.25) is 10.0 Å². The Morgan fingerprint density at radius 1 is 1.02 bits per heavy atom. The predicted octanol–water partition coefficient (Wildman–Crippen LogP) is 5.39. The number of likely N-dealkylation sites (tertiary alicyclic amines) is 1. The number of benzene rings is 2. The second-order valence-corrected chi connectivity index (χ2v) is 11.2. The first-order chi connectivity index (χ1) is 20.3. The van der Waals surface area contributed by atoms with Crippen LogP contribution in [0.1, 0.15) is 33.9 Å². The van der Waals surface area contributed by atoms with Crippen molar-refractivity contribution in [3.8, 4) is 28.3 Å². The number of nitrogens with one attached hydrogen (secondary N) is 1. The molecule has 3 heterocycles. The largest absolute Gasteiger partial charge is 0.481 e. The van der Waals surface area contributed by atoms with Gasteiger partial charge in [-0.15, -0.1) is 0 Å². The van der Waals surface area contributed by atoms with E-state index in [-0.39, 0.29) is 17.7 Å². The second kappa shape index (κ2) is 11.5. The van der Waals surface area contributed by atoms with Crippen molar-refractivity contribution in [1.29, 1.82) is 0 Å². The van der Waals surface area contributed by atoms with Crippen LogP contribution in [-0.4, -0.2) is 59.0 Å². The summed E-state index contributed by atoms with van der Waals surface area (Å²) in [7, 11) is 4.88. The van der Waals surface area contributed by atoms with Crippen LogP contribution in [0.15, 0.2) is 59.5 Å². The van der Waals surface area contributed by atoms with Gasteiger partial charge in [0.2, 0.25) is 5.88 Å². The van der Waals surface area contributed by atoms with Gasteiger partial charge >= 0.3 is 0 Å². The van der Waals surface area contributed by atoms with Crippen LogP contribution in [-0.2, 0) is 18.2 Å². The number of hydrogen-bond donors (Lipinski definition) is 1. The average Bonchev–Trinajstić information content (AvgIpc) is 3.38. The van der Waals surface area contributed by atoms with E-state index in [0.29, 0.717) is 38.4 Å². The summed E-state index contributed by atoms with van der Waals surface area (Å²) >= 11 is 13.8. The Kier molecular flexibility index (Phi) is 7.76. The molecule has 2 aromatic carbocycles. The highest BCUT2D eigenvalue weighted by atomic mass is 35.5. The molecular formula is C31H29Cl2N5O4. The Morgan fingerprint density at radius 3 is 2.48 bits per heavy atom. The molecule has 1 fully saturated rings. The number of aryl methyl sites for hydroxylation is 2. The average molecular weight is 607 g/mol. The smallest absolute Gasteiger partial charge is 0.279 e. The van der Waals surface area contributed by atoms with Crippen LogP contribution in [0.5, 0.6) is 5.88 Å². The van der Waals surface area contributed by atoms with Gasteiger partial charge in [0.25, 0.3) is 11.5 Å². The van der Waals surface area contributed by atoms with Crippen molar-refractivity contribution in [2.45, 2.75) is 25.0 Å². The molecule has 0 unspecified atom stereocenters. The van der Waals surface area contributed by atoms with Crippen LogP contribution in [0.3, 0.4) is 0 Å². The van der Waals surface area contributed by atoms with Gasteiger partial charge < -0.3 is 14.8 Å². The third-order valence-corrected chi connectivity index (χ3v) is 8.85. The molecule has 1 saturated heterocycles. The molecular weight excluding hydrogens is 577 g/mol. The SMILES string of the molecule is COc1nc(-c2cccc(-c3cccc(NC(=O)c4ccnn(C)c4=O)c3Cl)c2Cl)cc2c1[C@H](N1CC(OC)C1)CC2. The van der Waals surface area contributed by atoms with Crippen LogP contribution >= 0.6 is 23.2 Å². The molecule has 0 spiro atoms. The van der Waals surface area contributed by atoms with Gasteiger partial charge in [0.05, 0.1) is 34.6 Å². The fourth-order valence-electron chi connectivity index (χ4n) is 5.76. The van der Waals surface area contributed by atoms with E-state index in [0.717, 1.165) is 41.7 Å². The van der Waals surface area contributed by atoms with Crippen LogP contribution in [0.25, 0.3) is 22.4 Å². The Hall–Kier alpha value is -3.76. The highest BCUT2D eigenvalue weighted by Gasteiger charge is 2.39. The van der Waals surface area contributed by atoms with Crippen molar-refractivity contribution < 1.29 is 14.3 Å². The van der Waals surface area contributed by atoms with Crippen LogP contribution < -0.4 is 15.6 Å². The molecule has 6 rings (SSSR count). The van der Waals surface area contributed by atoms with Gasteiger partial charge in [0.15, 0.2) is 0 Å². The molecule has 11 heteroatoms. The molecule has 216 valence electrons. The molecule has 4 aromatic rings. The Bertz CT molecular complexity index is 1750. The summed E-state index contributed by atoms with van der Waals surface area (Å²) in [6.07, 6.45) is 3.59. The molecule has 0 radical (unpaired) electrons. The summed E-state index contributed by atoms with van der Waals surface area (Å²) in [5, 5.41) is 7.37. The van der Waals surface area contributed by atoms with E-state index < -0.39 is 11.5 Å². The highest BCUT2D eigenvalue weighted by Crippen LogP contribution is 2.46. The lowest BCUT2D eigenvalue weighted by Gasteiger charge is -2.42. The van der Waals surface area contributed by atoms with E-state index >= 15 is 0 Å². The number of nitrogens with zero attached hydrogens (tertiary/aromatic N) is 4. The molecule has 9 nitrogen and oxygen atoms in total. The van der Waals surface area contributed by atoms with Crippen molar-refractivity contribution in [1.82, 2.24) is 19.7 Å². The van der Waals surface area contributed by atoms with Crippen LogP contribution in [0.4, 0.5) is 5.69 Å². The molecule has 1 aliphatic carbocycles. The highest BCUT2D eigenvalue weighted by molar-refractivity contribution is 6.39. The Morgan fingerprint density at radius 2 is 1.74 bits per heavy atom. The monoisotopic (exact) mass is 605 g/mol. The topological polar surface area (TPSA) is 98.6 Å². The number of amides is 1. The van der Waals surface area contributed by atoms with E-state index in [1.807, 2.05) is 24.3 Å². The first-order valence-corrected chi connectivity index (χ1v) is 14.3. The first-order valence-electron chi connectivity index (χ1n) is 13.6. The Balaban J connectivity index is 1.33. The first kappa shape index (κ1) is 28.4. The number of fused-ring (bicyclic) bond motifs is 1. The van der Waals surface area contributed by atoms with Gasteiger partial charge in [-0.25, -0.2) is 9.67 Å². The third kappa shape index (κ3) is 4.96. The standard InChI is InChI=1S/C31H29Cl2N5O4/c1-37-31(40)22(12-13-34-37)29(39)35-23-9-5-7-20(28(23)33)19-6-4-8-21(27(19)32)24-14-17-10-11-25(26(17)30(36-24)42-3)38-15-18(16-38)41-2/h4-9,12-14,18,25H,10-11,15-16H2,1-3H3,(H,35,39)/t25-/m1/s1. The van der Waals surface area contributed by atoms with E-state index in [2.05, 4.69) is 21.4 Å². The normalized spacial score (nSPS) is 16.6. The number of carbonyl (C=O) groups is 1. The van der Waals surface area contributed by atoms with Crippen molar-refractivity contribution in [3.05, 3.63) is 91.8 Å². The molecule has 2 aliphatic rings. The van der Waals surface area contributed by atoms with Gasteiger partial charge in [-0.1, -0.05) is 53.5 Å². The summed E-state index contributed by atoms with van der Waals surface area (Å²) in [5.74, 6) is 0.0259. The molecule has 1 amide bonds. The van der Waals surface area contributed by atoms with Crippen molar-refractivity contribution in [2.24, 2.45) is 7.05 Å². The maximum atomic E-state index is 12.9. The van der Waals surface area contributed by atoms with E-state index in [1.54, 1.807) is 26.4 Å². The van der Waals surface area contributed by atoms with Crippen molar-refractivity contribution >= 4 is 34.8 Å². The summed E-state index contributed by atoms with van der Waals surface area (Å²) in [6, 6.07) is 14.7. The fraction of sp³-hybridized carbons (Fsp3) is 0.290. The lowest BCUT2D eigenvalue weighted by molar-refractivity contribution is -0.0514. The lowest BCUT2D eigenvalue weighted by atomic mass is 9.98.